The molecular formula is C18H19F3N6O. The maximum absolute atomic E-state index is 13.5. The molecule has 0 aliphatic carbocycles. The molecule has 0 spiro atoms. The van der Waals surface area contributed by atoms with Gasteiger partial charge in [0.05, 0.1) is 11.7 Å². The second-order valence-corrected chi connectivity index (χ2v) is 6.85. The van der Waals surface area contributed by atoms with Gasteiger partial charge in [-0.15, -0.1) is 0 Å². The second kappa shape index (κ2) is 6.61. The van der Waals surface area contributed by atoms with Crippen molar-refractivity contribution in [1.82, 2.24) is 29.3 Å². The first-order valence-electron chi connectivity index (χ1n) is 9.05. The van der Waals surface area contributed by atoms with Crippen molar-refractivity contribution in [1.29, 1.82) is 0 Å². The maximum atomic E-state index is 13.5. The Labute approximate surface area is 158 Å². The molecule has 4 heterocycles. The van der Waals surface area contributed by atoms with Crippen LogP contribution >= 0.6 is 0 Å². The van der Waals surface area contributed by atoms with Gasteiger partial charge in [0.2, 0.25) is 0 Å². The lowest BCUT2D eigenvalue weighted by molar-refractivity contribution is -0.142. The van der Waals surface area contributed by atoms with Gasteiger partial charge in [-0.1, -0.05) is 6.92 Å². The fraction of sp³-hybridized carbons (Fsp3) is 0.444. The number of rotatable bonds is 3. The number of likely N-dealkylation sites (tertiary alicyclic amines) is 1. The minimum absolute atomic E-state index is 0.138. The van der Waals surface area contributed by atoms with Crippen LogP contribution in [0.25, 0.3) is 5.65 Å². The second-order valence-electron chi connectivity index (χ2n) is 6.85. The number of halogens is 3. The lowest BCUT2D eigenvalue weighted by Crippen LogP contribution is -2.31. The molecule has 0 saturated carbocycles. The zero-order chi connectivity index (χ0) is 20.1. The Hall–Kier alpha value is -2.91. The number of alkyl halides is 3. The molecule has 0 aromatic carbocycles. The van der Waals surface area contributed by atoms with E-state index in [4.69, 9.17) is 0 Å². The van der Waals surface area contributed by atoms with E-state index in [9.17, 15) is 18.0 Å². The molecule has 4 rings (SSSR count). The van der Waals surface area contributed by atoms with Gasteiger partial charge in [0.15, 0.2) is 5.65 Å². The van der Waals surface area contributed by atoms with Crippen LogP contribution in [-0.4, -0.2) is 41.7 Å². The SMILES string of the molecule is CCc1cc(C(F)(F)F)n2nc([C@@H]3CCCN3C(=O)c3ccn(C)n3)cc2n1. The molecule has 1 fully saturated rings. The summed E-state index contributed by atoms with van der Waals surface area (Å²) in [6.07, 6.45) is -1.11. The van der Waals surface area contributed by atoms with Crippen molar-refractivity contribution >= 4 is 11.6 Å². The van der Waals surface area contributed by atoms with E-state index in [0.717, 1.165) is 17.0 Å². The lowest BCUT2D eigenvalue weighted by atomic mass is 10.1. The largest absolute Gasteiger partial charge is 0.433 e. The van der Waals surface area contributed by atoms with Crippen molar-refractivity contribution in [2.45, 2.75) is 38.4 Å². The van der Waals surface area contributed by atoms with E-state index in [1.807, 2.05) is 0 Å². The molecule has 3 aromatic heterocycles. The van der Waals surface area contributed by atoms with E-state index < -0.39 is 17.9 Å². The van der Waals surface area contributed by atoms with Gasteiger partial charge in [-0.05, 0) is 31.4 Å². The fourth-order valence-corrected chi connectivity index (χ4v) is 3.58. The van der Waals surface area contributed by atoms with Crippen molar-refractivity contribution < 1.29 is 18.0 Å². The first-order chi connectivity index (χ1) is 13.3. The van der Waals surface area contributed by atoms with Crippen LogP contribution in [0.3, 0.4) is 0 Å². The Morgan fingerprint density at radius 2 is 2.07 bits per heavy atom. The monoisotopic (exact) mass is 392 g/mol. The highest BCUT2D eigenvalue weighted by Gasteiger charge is 2.37. The normalized spacial score (nSPS) is 17.6. The van der Waals surface area contributed by atoms with Gasteiger partial charge in [-0.3, -0.25) is 9.48 Å². The molecule has 28 heavy (non-hydrogen) atoms. The quantitative estimate of drug-likeness (QED) is 0.687. The standard InChI is InChI=1S/C18H19F3N6O/c1-3-11-9-15(18(19,20)21)27-16(22-11)10-13(24-27)14-5-4-7-26(14)17(28)12-6-8-25(2)23-12/h6,8-10,14H,3-5,7H2,1-2H3/t14-/m0/s1. The number of carbonyl (C=O) groups excluding carboxylic acids is 1. The van der Waals surface area contributed by atoms with Crippen molar-refractivity contribution in [3.8, 4) is 0 Å². The summed E-state index contributed by atoms with van der Waals surface area (Å²) in [5.41, 5.74) is 0.340. The molecule has 1 atom stereocenters. The molecule has 0 radical (unpaired) electrons. The van der Waals surface area contributed by atoms with Crippen molar-refractivity contribution in [3.05, 3.63) is 47.2 Å². The van der Waals surface area contributed by atoms with Crippen LogP contribution in [0.1, 0.15) is 53.4 Å². The summed E-state index contributed by atoms with van der Waals surface area (Å²) < 4.78 is 42.8. The molecule has 1 saturated heterocycles. The molecular weight excluding hydrogens is 373 g/mol. The van der Waals surface area contributed by atoms with Crippen LogP contribution in [0.2, 0.25) is 0 Å². The third kappa shape index (κ3) is 3.12. The number of fused-ring (bicyclic) bond motifs is 1. The number of aryl methyl sites for hydroxylation is 2. The van der Waals surface area contributed by atoms with Crippen molar-refractivity contribution in [3.63, 3.8) is 0 Å². The Kier molecular flexibility index (Phi) is 4.35. The number of hydrogen-bond donors (Lipinski definition) is 0. The smallest absolute Gasteiger partial charge is 0.329 e. The van der Waals surface area contributed by atoms with Crippen LogP contribution in [0.4, 0.5) is 13.2 Å². The molecule has 3 aromatic rings. The minimum Gasteiger partial charge on any atom is -0.329 e. The average Bonchev–Trinajstić information content (AvgIpc) is 3.37. The highest BCUT2D eigenvalue weighted by Crippen LogP contribution is 2.35. The van der Waals surface area contributed by atoms with Crippen LogP contribution in [-0.2, 0) is 19.6 Å². The van der Waals surface area contributed by atoms with Gasteiger partial charge in [-0.25, -0.2) is 9.50 Å². The van der Waals surface area contributed by atoms with Crippen LogP contribution in [0.15, 0.2) is 24.4 Å². The van der Waals surface area contributed by atoms with Gasteiger partial charge >= 0.3 is 6.18 Å². The number of carbonyl (C=O) groups is 1. The number of nitrogens with zero attached hydrogens (tertiary/aromatic N) is 6. The van der Waals surface area contributed by atoms with E-state index in [0.29, 0.717) is 36.5 Å². The summed E-state index contributed by atoms with van der Waals surface area (Å²) in [7, 11) is 1.72. The zero-order valence-electron chi connectivity index (χ0n) is 15.4. The van der Waals surface area contributed by atoms with Crippen LogP contribution < -0.4 is 0 Å². The predicted octanol–water partition coefficient (Wildman–Crippen LogP) is 3.02. The molecule has 148 valence electrons. The van der Waals surface area contributed by atoms with Crippen LogP contribution in [0, 0.1) is 0 Å². The molecule has 7 nitrogen and oxygen atoms in total. The summed E-state index contributed by atoms with van der Waals surface area (Å²) in [4.78, 5) is 18.7. The van der Waals surface area contributed by atoms with E-state index >= 15 is 0 Å². The van der Waals surface area contributed by atoms with Gasteiger partial charge < -0.3 is 4.90 Å². The van der Waals surface area contributed by atoms with E-state index in [2.05, 4.69) is 15.2 Å². The number of hydrogen-bond acceptors (Lipinski definition) is 4. The molecule has 0 unspecified atom stereocenters. The first-order valence-corrected chi connectivity index (χ1v) is 9.05. The molecule has 10 heteroatoms. The average molecular weight is 392 g/mol. The summed E-state index contributed by atoms with van der Waals surface area (Å²) >= 11 is 0. The number of amides is 1. The lowest BCUT2D eigenvalue weighted by Gasteiger charge is -2.22. The maximum Gasteiger partial charge on any atom is 0.433 e. The zero-order valence-corrected chi connectivity index (χ0v) is 15.4. The summed E-state index contributed by atoms with van der Waals surface area (Å²) in [6, 6.07) is 3.79. The molecule has 1 aliphatic rings. The van der Waals surface area contributed by atoms with Gasteiger partial charge in [-0.2, -0.15) is 23.4 Å². The third-order valence-corrected chi connectivity index (χ3v) is 4.94. The highest BCUT2D eigenvalue weighted by molar-refractivity contribution is 5.92. The van der Waals surface area contributed by atoms with Gasteiger partial charge in [0.25, 0.3) is 5.91 Å². The number of aromatic nitrogens is 5. The molecule has 0 bridgehead atoms. The van der Waals surface area contributed by atoms with Crippen LogP contribution in [0.5, 0.6) is 0 Å². The van der Waals surface area contributed by atoms with E-state index in [1.54, 1.807) is 37.2 Å². The first kappa shape index (κ1) is 18.5. The van der Waals surface area contributed by atoms with E-state index in [1.165, 1.54) is 4.68 Å². The Morgan fingerprint density at radius 3 is 2.71 bits per heavy atom. The summed E-state index contributed by atoms with van der Waals surface area (Å²) in [6.45, 7) is 2.26. The topological polar surface area (TPSA) is 68.3 Å². The Balaban J connectivity index is 1.75. The molecule has 0 N–H and O–H groups in total. The highest BCUT2D eigenvalue weighted by atomic mass is 19.4. The summed E-state index contributed by atoms with van der Waals surface area (Å²) in [5.74, 6) is -0.251. The Bertz CT molecular complexity index is 1040. The minimum atomic E-state index is -4.55. The van der Waals surface area contributed by atoms with E-state index in [-0.39, 0.29) is 11.6 Å². The van der Waals surface area contributed by atoms with Crippen molar-refractivity contribution in [2.24, 2.45) is 7.05 Å². The molecule has 1 amide bonds. The van der Waals surface area contributed by atoms with Crippen molar-refractivity contribution in [2.75, 3.05) is 6.54 Å². The fourth-order valence-electron chi connectivity index (χ4n) is 3.58. The summed E-state index contributed by atoms with van der Waals surface area (Å²) in [5, 5.41) is 8.32. The Morgan fingerprint density at radius 1 is 1.29 bits per heavy atom. The van der Waals surface area contributed by atoms with Gasteiger partial charge in [0, 0.05) is 31.5 Å². The molecule has 1 aliphatic heterocycles. The van der Waals surface area contributed by atoms with Gasteiger partial charge in [0.1, 0.15) is 11.4 Å². The predicted molar refractivity (Wildman–Crippen MR) is 93.6 cm³/mol. The third-order valence-electron chi connectivity index (χ3n) is 4.94.